The van der Waals surface area contributed by atoms with Gasteiger partial charge in [-0.25, -0.2) is 0 Å². The summed E-state index contributed by atoms with van der Waals surface area (Å²) in [5.74, 6) is 0.453. The van der Waals surface area contributed by atoms with Crippen LogP contribution >= 0.6 is 0 Å². The molecule has 1 aromatic carbocycles. The van der Waals surface area contributed by atoms with E-state index in [1.807, 2.05) is 26.8 Å². The summed E-state index contributed by atoms with van der Waals surface area (Å²) in [6.45, 7) is 6.13. The number of para-hydroxylation sites is 1. The molecular formula is C12H22O4SiTi. The Kier molecular flexibility index (Phi) is 6.04. The molecule has 0 spiro atoms. The molecule has 4 nitrogen and oxygen atoms in total. The summed E-state index contributed by atoms with van der Waals surface area (Å²) >= 11 is -4.62. The minimum atomic E-state index is -4.62. The van der Waals surface area contributed by atoms with Crippen LogP contribution < -0.4 is 3.32 Å². The van der Waals surface area contributed by atoms with Crippen LogP contribution in [0.1, 0.15) is 20.8 Å². The van der Waals surface area contributed by atoms with Gasteiger partial charge in [0.1, 0.15) is 0 Å². The number of hydrogen-bond donors (Lipinski definition) is 2. The first kappa shape index (κ1) is 15.9. The Morgan fingerprint density at radius 3 is 1.94 bits per heavy atom. The second-order valence-corrected chi connectivity index (χ2v) is 12.0. The molecule has 102 valence electrons. The second kappa shape index (κ2) is 6.84. The van der Waals surface area contributed by atoms with Gasteiger partial charge in [0.25, 0.3) is 0 Å². The summed E-state index contributed by atoms with van der Waals surface area (Å²) in [5.41, 5.74) is 0. The summed E-state index contributed by atoms with van der Waals surface area (Å²) in [7, 11) is -2.05. The molecule has 6 heteroatoms. The zero-order valence-electron chi connectivity index (χ0n) is 11.2. The van der Waals surface area contributed by atoms with Gasteiger partial charge in [-0.3, -0.25) is 0 Å². The van der Waals surface area contributed by atoms with Gasteiger partial charge in [0.05, 0.1) is 0 Å². The van der Waals surface area contributed by atoms with Crippen molar-refractivity contribution in [1.82, 2.24) is 0 Å². The number of benzene rings is 1. The van der Waals surface area contributed by atoms with Crippen LogP contribution in [0.25, 0.3) is 0 Å². The molecule has 0 saturated heterocycles. The van der Waals surface area contributed by atoms with Gasteiger partial charge < -0.3 is 0 Å². The van der Waals surface area contributed by atoms with Gasteiger partial charge in [-0.1, -0.05) is 0 Å². The molecule has 0 unspecified atom stereocenters. The van der Waals surface area contributed by atoms with Crippen LogP contribution in [0.3, 0.4) is 0 Å². The Bertz CT molecular complexity index is 346. The summed E-state index contributed by atoms with van der Waals surface area (Å²) < 4.78 is 31.0. The van der Waals surface area contributed by atoms with Crippen LogP contribution in [-0.4, -0.2) is 15.7 Å². The molecule has 1 rings (SSSR count). The average molecular weight is 306 g/mol. The van der Waals surface area contributed by atoms with Gasteiger partial charge in [-0.05, 0) is 0 Å². The Hall–Kier alpha value is -0.169. The topological polar surface area (TPSA) is 58.9 Å². The summed E-state index contributed by atoms with van der Waals surface area (Å²) in [6, 6.07) is 11.4. The monoisotopic (exact) mass is 306 g/mol. The Labute approximate surface area is 115 Å². The van der Waals surface area contributed by atoms with Crippen molar-refractivity contribution in [3.05, 3.63) is 30.3 Å². The molecule has 0 atom stereocenters. The maximum absolute atomic E-state index is 10.0. The predicted octanol–water partition coefficient (Wildman–Crippen LogP) is 2.89. The van der Waals surface area contributed by atoms with Crippen molar-refractivity contribution in [2.45, 2.75) is 38.9 Å². The third kappa shape index (κ3) is 4.50. The van der Waals surface area contributed by atoms with Crippen molar-refractivity contribution in [3.8, 4) is 5.75 Å². The Balaban J connectivity index is 2.74. The van der Waals surface area contributed by atoms with Crippen molar-refractivity contribution < 1.29 is 31.8 Å². The van der Waals surface area contributed by atoms with E-state index in [2.05, 4.69) is 0 Å². The fourth-order valence-electron chi connectivity index (χ4n) is 1.91. The molecule has 1 aromatic rings. The van der Waals surface area contributed by atoms with Gasteiger partial charge in [0, 0.05) is 0 Å². The minimum absolute atomic E-state index is 0.453. The third-order valence-electron chi connectivity index (χ3n) is 3.28. The molecule has 0 aliphatic carbocycles. The van der Waals surface area contributed by atoms with Crippen LogP contribution in [0.2, 0.25) is 18.1 Å². The Morgan fingerprint density at radius 2 is 1.50 bits per heavy atom. The third-order valence-corrected chi connectivity index (χ3v) is 11.9. The molecule has 0 saturated carbocycles. The van der Waals surface area contributed by atoms with Crippen molar-refractivity contribution in [2.75, 3.05) is 0 Å². The number of rotatable bonds is 7. The molecule has 0 amide bonds. The molecule has 0 aromatic heterocycles. The van der Waals surface area contributed by atoms with Crippen molar-refractivity contribution in [1.29, 1.82) is 0 Å². The first-order valence-corrected chi connectivity index (χ1v) is 11.6. The normalized spacial score (nSPS) is 12.5. The summed E-state index contributed by atoms with van der Waals surface area (Å²) in [6.07, 6.45) is 0. The van der Waals surface area contributed by atoms with Crippen molar-refractivity contribution in [2.24, 2.45) is 0 Å². The maximum atomic E-state index is 10.0. The fourth-order valence-corrected chi connectivity index (χ4v) is 10.0. The molecule has 0 aliphatic rings. The van der Waals surface area contributed by atoms with Gasteiger partial charge in [0.15, 0.2) is 0 Å². The van der Waals surface area contributed by atoms with Gasteiger partial charge >= 0.3 is 115 Å². The van der Waals surface area contributed by atoms with Crippen LogP contribution in [0.15, 0.2) is 30.3 Å². The SMILES string of the molecule is CC[Si](CC)(CC)[O][Ti]([OH])([OH])[O]c1ccccc1. The van der Waals surface area contributed by atoms with Crippen molar-refractivity contribution in [3.63, 3.8) is 0 Å². The zero-order valence-corrected chi connectivity index (χ0v) is 13.8. The van der Waals surface area contributed by atoms with E-state index in [1.54, 1.807) is 24.3 Å². The molecule has 0 bridgehead atoms. The van der Waals surface area contributed by atoms with Crippen LogP contribution in [-0.2, 0) is 21.1 Å². The van der Waals surface area contributed by atoms with E-state index in [0.717, 1.165) is 18.1 Å². The molecule has 0 heterocycles. The van der Waals surface area contributed by atoms with Gasteiger partial charge in [0.2, 0.25) is 0 Å². The van der Waals surface area contributed by atoms with Gasteiger partial charge in [-0.2, -0.15) is 0 Å². The Morgan fingerprint density at radius 1 is 1.00 bits per heavy atom. The average Bonchev–Trinajstić information content (AvgIpc) is 2.37. The quantitative estimate of drug-likeness (QED) is 0.761. The van der Waals surface area contributed by atoms with Crippen LogP contribution in [0, 0.1) is 0 Å². The molecule has 18 heavy (non-hydrogen) atoms. The first-order chi connectivity index (χ1) is 8.47. The first-order valence-electron chi connectivity index (χ1n) is 6.36. The number of hydrogen-bond acceptors (Lipinski definition) is 4. The summed E-state index contributed by atoms with van der Waals surface area (Å²) in [5, 5.41) is 0. The predicted molar refractivity (Wildman–Crippen MR) is 69.8 cm³/mol. The van der Waals surface area contributed by atoms with Crippen LogP contribution in [0.5, 0.6) is 5.75 Å². The molecule has 0 fully saturated rings. The van der Waals surface area contributed by atoms with E-state index in [9.17, 15) is 7.38 Å². The summed E-state index contributed by atoms with van der Waals surface area (Å²) in [4.78, 5) is 0. The van der Waals surface area contributed by atoms with E-state index in [-0.39, 0.29) is 0 Å². The zero-order chi connectivity index (χ0) is 13.6. The van der Waals surface area contributed by atoms with E-state index < -0.39 is 26.5 Å². The fraction of sp³-hybridized carbons (Fsp3) is 0.500. The van der Waals surface area contributed by atoms with E-state index >= 15 is 0 Å². The molecule has 0 radical (unpaired) electrons. The molecular weight excluding hydrogens is 284 g/mol. The standard InChI is InChI=1S/C6H15OSi.C6H6O.2H2O.Ti/c1-4-8(7,5-2)6-3;7-6-4-2-1-3-5-6;;;/h4-6H2,1-3H3;1-5,7H;2*1H2;/q-1;;;;+4/p-3. The van der Waals surface area contributed by atoms with E-state index in [0.29, 0.717) is 5.75 Å². The molecule has 0 aliphatic heterocycles. The molecule has 2 N–H and O–H groups in total. The van der Waals surface area contributed by atoms with E-state index in [1.165, 1.54) is 0 Å². The second-order valence-electron chi connectivity index (χ2n) is 4.31. The van der Waals surface area contributed by atoms with Crippen molar-refractivity contribution >= 4 is 8.32 Å². The van der Waals surface area contributed by atoms with Crippen LogP contribution in [0.4, 0.5) is 0 Å². The van der Waals surface area contributed by atoms with E-state index in [4.69, 9.17) is 6.33 Å². The van der Waals surface area contributed by atoms with Gasteiger partial charge in [-0.15, -0.1) is 0 Å².